The van der Waals surface area contributed by atoms with Crippen LogP contribution in [0.25, 0.3) is 33.9 Å². The van der Waals surface area contributed by atoms with Crippen molar-refractivity contribution in [2.75, 3.05) is 0 Å². The van der Waals surface area contributed by atoms with E-state index in [1.165, 1.54) is 17.2 Å². The van der Waals surface area contributed by atoms with Crippen LogP contribution in [0.15, 0.2) is 64.3 Å². The van der Waals surface area contributed by atoms with E-state index in [1.54, 1.807) is 11.4 Å². The molecule has 0 aliphatic heterocycles. The number of rotatable bonds is 3. The van der Waals surface area contributed by atoms with Crippen molar-refractivity contribution >= 4 is 16.9 Å². The molecule has 0 spiro atoms. The van der Waals surface area contributed by atoms with E-state index in [2.05, 4.69) is 31.2 Å². The third kappa shape index (κ3) is 2.77. The molecule has 0 atom stereocenters. The Kier molecular flexibility index (Phi) is 4.22. The lowest BCUT2D eigenvalue weighted by Crippen LogP contribution is -2.37. The van der Waals surface area contributed by atoms with Gasteiger partial charge in [-0.05, 0) is 31.0 Å². The highest BCUT2D eigenvalue weighted by molar-refractivity contribution is 5.79. The highest BCUT2D eigenvalue weighted by atomic mass is 16.2. The predicted octanol–water partition coefficient (Wildman–Crippen LogP) is 3.21. The molecule has 3 heterocycles. The number of hydrogen-bond donors (Lipinski definition) is 0. The third-order valence-corrected chi connectivity index (χ3v) is 5.92. The monoisotopic (exact) mass is 413 g/mol. The number of nitrogens with zero attached hydrogens (tertiary/aromatic N) is 5. The summed E-state index contributed by atoms with van der Waals surface area (Å²) < 4.78 is 6.36. The van der Waals surface area contributed by atoms with E-state index in [1.807, 2.05) is 42.0 Å². The summed E-state index contributed by atoms with van der Waals surface area (Å²) >= 11 is 0. The lowest BCUT2D eigenvalue weighted by atomic mass is 10.1. The standard InChI is InChI=1S/C24H23N5O2/c1-5-16-8-10-17(11-9-16)19-14-28-20-21(26(3)24(31)27(4)22(20)30)25-23(28)29(19)18-12-6-15(2)7-13-18/h6-14H,5H2,1-4H3. The van der Waals surface area contributed by atoms with Crippen LogP contribution in [0.5, 0.6) is 0 Å². The van der Waals surface area contributed by atoms with Crippen LogP contribution in [-0.4, -0.2) is 23.1 Å². The Balaban J connectivity index is 1.92. The molecular formula is C24H23N5O2. The number of hydrogen-bond acceptors (Lipinski definition) is 3. The van der Waals surface area contributed by atoms with Crippen LogP contribution in [0, 0.1) is 6.92 Å². The van der Waals surface area contributed by atoms with Crippen LogP contribution in [0.1, 0.15) is 18.1 Å². The molecule has 0 unspecified atom stereocenters. The van der Waals surface area contributed by atoms with Crippen molar-refractivity contribution in [3.05, 3.63) is 86.7 Å². The number of aromatic nitrogens is 5. The smallest absolute Gasteiger partial charge is 0.279 e. The summed E-state index contributed by atoms with van der Waals surface area (Å²) in [7, 11) is 3.13. The van der Waals surface area contributed by atoms with Crippen LogP contribution >= 0.6 is 0 Å². The Bertz CT molecular complexity index is 1560. The van der Waals surface area contributed by atoms with E-state index in [9.17, 15) is 9.59 Å². The topological polar surface area (TPSA) is 66.2 Å². The molecule has 0 N–H and O–H groups in total. The van der Waals surface area contributed by atoms with E-state index >= 15 is 0 Å². The highest BCUT2D eigenvalue weighted by Gasteiger charge is 2.21. The zero-order valence-electron chi connectivity index (χ0n) is 18.0. The lowest BCUT2D eigenvalue weighted by Gasteiger charge is -2.10. The minimum absolute atomic E-state index is 0.362. The van der Waals surface area contributed by atoms with E-state index in [-0.39, 0.29) is 5.56 Å². The molecule has 156 valence electrons. The largest absolute Gasteiger partial charge is 0.332 e. The Morgan fingerprint density at radius 2 is 1.58 bits per heavy atom. The first kappa shape index (κ1) is 19.1. The molecule has 0 aliphatic rings. The molecule has 0 saturated heterocycles. The molecule has 0 amide bonds. The van der Waals surface area contributed by atoms with Gasteiger partial charge in [0.2, 0.25) is 5.78 Å². The Morgan fingerprint density at radius 3 is 2.23 bits per heavy atom. The van der Waals surface area contributed by atoms with Gasteiger partial charge in [-0.25, -0.2) is 4.79 Å². The molecule has 5 rings (SSSR count). The Labute approximate surface area is 178 Å². The van der Waals surface area contributed by atoms with Gasteiger partial charge in [-0.1, -0.05) is 48.9 Å². The fourth-order valence-electron chi connectivity index (χ4n) is 4.03. The summed E-state index contributed by atoms with van der Waals surface area (Å²) in [5, 5.41) is 0. The molecule has 0 radical (unpaired) electrons. The van der Waals surface area contributed by atoms with Crippen molar-refractivity contribution in [1.29, 1.82) is 0 Å². The van der Waals surface area contributed by atoms with Gasteiger partial charge in [-0.3, -0.25) is 22.9 Å². The van der Waals surface area contributed by atoms with E-state index in [0.29, 0.717) is 16.9 Å². The van der Waals surface area contributed by atoms with Crippen molar-refractivity contribution in [2.45, 2.75) is 20.3 Å². The molecular weight excluding hydrogens is 390 g/mol. The first-order valence-corrected chi connectivity index (χ1v) is 10.3. The number of aryl methyl sites for hydroxylation is 3. The quantitative estimate of drug-likeness (QED) is 0.456. The van der Waals surface area contributed by atoms with Crippen LogP contribution < -0.4 is 11.2 Å². The van der Waals surface area contributed by atoms with Gasteiger partial charge in [0.25, 0.3) is 5.56 Å². The van der Waals surface area contributed by atoms with Gasteiger partial charge in [0, 0.05) is 31.5 Å². The molecule has 5 aromatic rings. The zero-order chi connectivity index (χ0) is 21.9. The second kappa shape index (κ2) is 6.84. The molecule has 0 bridgehead atoms. The Morgan fingerprint density at radius 1 is 0.903 bits per heavy atom. The summed E-state index contributed by atoms with van der Waals surface area (Å²) in [6.45, 7) is 4.17. The first-order valence-electron chi connectivity index (χ1n) is 10.3. The third-order valence-electron chi connectivity index (χ3n) is 5.92. The fraction of sp³-hybridized carbons (Fsp3) is 0.208. The normalized spacial score (nSPS) is 11.6. The molecule has 2 aromatic carbocycles. The summed E-state index contributed by atoms with van der Waals surface area (Å²) in [4.78, 5) is 30.1. The summed E-state index contributed by atoms with van der Waals surface area (Å²) in [5.41, 5.74) is 5.31. The second-order valence-electron chi connectivity index (χ2n) is 7.90. The van der Waals surface area contributed by atoms with E-state index in [4.69, 9.17) is 4.98 Å². The van der Waals surface area contributed by atoms with E-state index in [0.717, 1.165) is 33.5 Å². The maximum atomic E-state index is 13.0. The minimum atomic E-state index is -0.393. The van der Waals surface area contributed by atoms with Gasteiger partial charge in [-0.15, -0.1) is 0 Å². The van der Waals surface area contributed by atoms with Gasteiger partial charge in [-0.2, -0.15) is 4.98 Å². The van der Waals surface area contributed by atoms with Gasteiger partial charge >= 0.3 is 5.69 Å². The molecule has 7 nitrogen and oxygen atoms in total. The molecule has 3 aromatic heterocycles. The summed E-state index contributed by atoms with van der Waals surface area (Å²) in [6, 6.07) is 16.6. The van der Waals surface area contributed by atoms with Crippen molar-refractivity contribution in [2.24, 2.45) is 14.1 Å². The second-order valence-corrected chi connectivity index (χ2v) is 7.90. The number of imidazole rings is 2. The fourth-order valence-corrected chi connectivity index (χ4v) is 4.03. The molecule has 0 saturated carbocycles. The molecule has 0 aliphatic carbocycles. The van der Waals surface area contributed by atoms with Crippen molar-refractivity contribution in [1.82, 2.24) is 23.1 Å². The van der Waals surface area contributed by atoms with Gasteiger partial charge in [0.05, 0.1) is 5.69 Å². The molecule has 31 heavy (non-hydrogen) atoms. The maximum Gasteiger partial charge on any atom is 0.332 e. The number of fused-ring (bicyclic) bond motifs is 3. The average Bonchev–Trinajstić information content (AvgIpc) is 3.33. The van der Waals surface area contributed by atoms with Crippen LogP contribution in [0.3, 0.4) is 0 Å². The van der Waals surface area contributed by atoms with E-state index < -0.39 is 5.69 Å². The predicted molar refractivity (Wildman–Crippen MR) is 122 cm³/mol. The number of benzene rings is 2. The minimum Gasteiger partial charge on any atom is -0.279 e. The van der Waals surface area contributed by atoms with Crippen molar-refractivity contribution in [3.8, 4) is 16.9 Å². The van der Waals surface area contributed by atoms with Crippen LogP contribution in [0.4, 0.5) is 0 Å². The van der Waals surface area contributed by atoms with Gasteiger partial charge in [0.15, 0.2) is 11.2 Å². The summed E-state index contributed by atoms with van der Waals surface area (Å²) in [6.07, 6.45) is 2.90. The summed E-state index contributed by atoms with van der Waals surface area (Å²) in [5.74, 6) is 0.590. The van der Waals surface area contributed by atoms with Gasteiger partial charge in [0.1, 0.15) is 0 Å². The lowest BCUT2D eigenvalue weighted by molar-refractivity contribution is 0.708. The molecule has 7 heteroatoms. The van der Waals surface area contributed by atoms with Crippen LogP contribution in [-0.2, 0) is 20.5 Å². The SMILES string of the molecule is CCc1ccc(-c2cn3c4c(=O)n(C)c(=O)n(C)c4nc3n2-c2ccc(C)cc2)cc1. The van der Waals surface area contributed by atoms with Crippen molar-refractivity contribution < 1.29 is 0 Å². The zero-order valence-corrected chi connectivity index (χ0v) is 18.0. The molecule has 0 fully saturated rings. The van der Waals surface area contributed by atoms with Crippen LogP contribution in [0.2, 0.25) is 0 Å². The highest BCUT2D eigenvalue weighted by Crippen LogP contribution is 2.29. The van der Waals surface area contributed by atoms with Gasteiger partial charge < -0.3 is 0 Å². The average molecular weight is 413 g/mol. The first-order chi connectivity index (χ1) is 14.9. The Hall–Kier alpha value is -3.87. The van der Waals surface area contributed by atoms with Crippen molar-refractivity contribution in [3.63, 3.8) is 0 Å². The maximum absolute atomic E-state index is 13.0.